The van der Waals surface area contributed by atoms with Gasteiger partial charge in [-0.2, -0.15) is 25.3 Å². The Kier molecular flexibility index (Phi) is 3.63. The van der Waals surface area contributed by atoms with Crippen molar-refractivity contribution >= 4 is 25.3 Å². The van der Waals surface area contributed by atoms with E-state index in [0.29, 0.717) is 10.00 Å². The number of thiol groups is 2. The number of hydrogen-bond acceptors (Lipinski definition) is 2. The summed E-state index contributed by atoms with van der Waals surface area (Å²) >= 11 is 9.15. The summed E-state index contributed by atoms with van der Waals surface area (Å²) in [6.07, 6.45) is 7.89. The fourth-order valence-electron chi connectivity index (χ4n) is 1.96. The average Bonchev–Trinajstić information content (AvgIpc) is 1.85. The first kappa shape index (κ1) is 9.79. The molecule has 0 amide bonds. The molecule has 1 unspecified atom stereocenters. The highest BCUT2D eigenvalue weighted by Gasteiger charge is 2.28. The molecule has 0 saturated heterocycles. The van der Waals surface area contributed by atoms with E-state index in [1.807, 2.05) is 0 Å². The Balaban J connectivity index is 2.37. The molecule has 0 aliphatic heterocycles. The smallest absolute Gasteiger partial charge is 0.0140 e. The van der Waals surface area contributed by atoms with Crippen molar-refractivity contribution in [2.45, 2.75) is 55.4 Å². The fraction of sp³-hybridized carbons (Fsp3) is 1.00. The lowest BCUT2D eigenvalue weighted by Crippen LogP contribution is -2.27. The molecule has 0 nitrogen and oxygen atoms in total. The Morgan fingerprint density at radius 2 is 1.82 bits per heavy atom. The highest BCUT2D eigenvalue weighted by molar-refractivity contribution is 7.82. The van der Waals surface area contributed by atoms with Gasteiger partial charge in [-0.25, -0.2) is 0 Å². The van der Waals surface area contributed by atoms with Gasteiger partial charge >= 0.3 is 0 Å². The molecular weight excluding hydrogens is 172 g/mol. The zero-order valence-electron chi connectivity index (χ0n) is 7.21. The second-order valence-corrected chi connectivity index (χ2v) is 5.67. The van der Waals surface area contributed by atoms with E-state index in [4.69, 9.17) is 12.6 Å². The van der Waals surface area contributed by atoms with Gasteiger partial charge in [0.25, 0.3) is 0 Å². The average molecular weight is 190 g/mol. The Hall–Kier alpha value is 0.700. The lowest BCUT2D eigenvalue weighted by atomic mass is 9.85. The Morgan fingerprint density at radius 3 is 2.27 bits per heavy atom. The molecule has 66 valence electrons. The maximum atomic E-state index is 4.74. The van der Waals surface area contributed by atoms with Crippen LogP contribution in [0.2, 0.25) is 0 Å². The summed E-state index contributed by atoms with van der Waals surface area (Å²) in [4.78, 5) is 0. The summed E-state index contributed by atoms with van der Waals surface area (Å²) in [5, 5.41) is 0.505. The fourth-order valence-corrected chi connectivity index (χ4v) is 3.05. The Labute approximate surface area is 81.0 Å². The van der Waals surface area contributed by atoms with Crippen LogP contribution in [0.4, 0.5) is 0 Å². The van der Waals surface area contributed by atoms with Gasteiger partial charge in [-0.3, -0.25) is 0 Å². The van der Waals surface area contributed by atoms with Crippen LogP contribution in [0.1, 0.15) is 45.4 Å². The van der Waals surface area contributed by atoms with Gasteiger partial charge in [0.2, 0.25) is 0 Å². The molecule has 2 heteroatoms. The van der Waals surface area contributed by atoms with E-state index in [-0.39, 0.29) is 0 Å². The maximum Gasteiger partial charge on any atom is 0.0140 e. The van der Waals surface area contributed by atoms with E-state index in [9.17, 15) is 0 Å². The van der Waals surface area contributed by atoms with Crippen LogP contribution in [0, 0.1) is 0 Å². The molecule has 0 aromatic rings. The molecule has 11 heavy (non-hydrogen) atoms. The van der Waals surface area contributed by atoms with Crippen LogP contribution in [0.15, 0.2) is 0 Å². The normalized spacial score (nSPS) is 26.5. The van der Waals surface area contributed by atoms with Gasteiger partial charge in [0.1, 0.15) is 0 Å². The summed E-state index contributed by atoms with van der Waals surface area (Å²) in [7, 11) is 0. The predicted molar refractivity (Wildman–Crippen MR) is 57.9 cm³/mol. The summed E-state index contributed by atoms with van der Waals surface area (Å²) in [5.74, 6) is 0. The molecule has 1 fully saturated rings. The third kappa shape index (κ3) is 3.29. The minimum atomic E-state index is 0.319. The van der Waals surface area contributed by atoms with Crippen LogP contribution in [0.3, 0.4) is 0 Å². The molecular formula is C9H18S2. The standard InChI is InChI=1S/C9H18S2/c1-8(10)7-9(11)5-3-2-4-6-9/h8,10-11H,2-7H2,1H3. The first-order chi connectivity index (χ1) is 5.12. The second-order valence-electron chi connectivity index (χ2n) is 3.84. The molecule has 0 bridgehead atoms. The quantitative estimate of drug-likeness (QED) is 0.613. The third-order valence-corrected chi connectivity index (χ3v) is 3.27. The van der Waals surface area contributed by atoms with E-state index in [1.165, 1.54) is 38.5 Å². The Morgan fingerprint density at radius 1 is 1.27 bits per heavy atom. The molecule has 1 saturated carbocycles. The van der Waals surface area contributed by atoms with Gasteiger partial charge in [-0.05, 0) is 19.3 Å². The zero-order chi connectivity index (χ0) is 8.32. The summed E-state index contributed by atoms with van der Waals surface area (Å²) in [6.45, 7) is 2.16. The van der Waals surface area contributed by atoms with Crippen molar-refractivity contribution < 1.29 is 0 Å². The van der Waals surface area contributed by atoms with Gasteiger partial charge in [0.05, 0.1) is 0 Å². The van der Waals surface area contributed by atoms with Crippen molar-refractivity contribution in [1.29, 1.82) is 0 Å². The topological polar surface area (TPSA) is 0 Å². The van der Waals surface area contributed by atoms with Gasteiger partial charge in [-0.15, -0.1) is 0 Å². The van der Waals surface area contributed by atoms with Gasteiger partial charge in [-0.1, -0.05) is 26.2 Å². The van der Waals surface area contributed by atoms with Gasteiger partial charge < -0.3 is 0 Å². The number of rotatable bonds is 2. The molecule has 0 spiro atoms. The van der Waals surface area contributed by atoms with E-state index in [1.54, 1.807) is 0 Å². The molecule has 0 aromatic carbocycles. The highest BCUT2D eigenvalue weighted by Crippen LogP contribution is 2.38. The van der Waals surface area contributed by atoms with Crippen LogP contribution in [0.5, 0.6) is 0 Å². The van der Waals surface area contributed by atoms with Gasteiger partial charge in [0.15, 0.2) is 0 Å². The van der Waals surface area contributed by atoms with E-state index >= 15 is 0 Å². The molecule has 1 aliphatic carbocycles. The molecule has 0 aromatic heterocycles. The van der Waals surface area contributed by atoms with Gasteiger partial charge in [0, 0.05) is 10.00 Å². The molecule has 1 aliphatic rings. The molecule has 1 rings (SSSR count). The van der Waals surface area contributed by atoms with Crippen molar-refractivity contribution in [2.24, 2.45) is 0 Å². The second kappa shape index (κ2) is 4.08. The first-order valence-corrected chi connectivity index (χ1v) is 5.49. The molecule has 0 N–H and O–H groups in total. The number of hydrogen-bond donors (Lipinski definition) is 2. The monoisotopic (exact) mass is 190 g/mol. The third-order valence-electron chi connectivity index (χ3n) is 2.46. The van der Waals surface area contributed by atoms with E-state index in [2.05, 4.69) is 19.6 Å². The molecule has 0 heterocycles. The zero-order valence-corrected chi connectivity index (χ0v) is 9.00. The molecule has 1 atom stereocenters. The SMILES string of the molecule is CC(S)CC1(S)CCCCC1. The van der Waals surface area contributed by atoms with Crippen molar-refractivity contribution in [2.75, 3.05) is 0 Å². The van der Waals surface area contributed by atoms with Crippen LogP contribution in [-0.2, 0) is 0 Å². The summed E-state index contributed by atoms with van der Waals surface area (Å²) in [5.41, 5.74) is 0. The van der Waals surface area contributed by atoms with Crippen molar-refractivity contribution in [3.63, 3.8) is 0 Å². The maximum absolute atomic E-state index is 4.74. The van der Waals surface area contributed by atoms with Crippen molar-refractivity contribution in [1.82, 2.24) is 0 Å². The Bertz CT molecular complexity index is 115. The van der Waals surface area contributed by atoms with Crippen LogP contribution >= 0.6 is 25.3 Å². The largest absolute Gasteiger partial charge is 0.176 e. The lowest BCUT2D eigenvalue weighted by Gasteiger charge is -2.33. The minimum Gasteiger partial charge on any atom is -0.176 e. The van der Waals surface area contributed by atoms with Crippen molar-refractivity contribution in [3.05, 3.63) is 0 Å². The van der Waals surface area contributed by atoms with Crippen LogP contribution in [-0.4, -0.2) is 10.00 Å². The van der Waals surface area contributed by atoms with Crippen LogP contribution in [0.25, 0.3) is 0 Å². The lowest BCUT2D eigenvalue weighted by molar-refractivity contribution is 0.381. The molecule has 0 radical (unpaired) electrons. The minimum absolute atomic E-state index is 0.319. The predicted octanol–water partition coefficient (Wildman–Crippen LogP) is 3.33. The first-order valence-electron chi connectivity index (χ1n) is 4.53. The highest BCUT2D eigenvalue weighted by atomic mass is 32.1. The van der Waals surface area contributed by atoms with E-state index < -0.39 is 0 Å². The summed E-state index contributed by atoms with van der Waals surface area (Å²) in [6, 6.07) is 0. The van der Waals surface area contributed by atoms with Crippen molar-refractivity contribution in [3.8, 4) is 0 Å². The summed E-state index contributed by atoms with van der Waals surface area (Å²) < 4.78 is 0.319. The van der Waals surface area contributed by atoms with E-state index in [0.717, 1.165) is 0 Å². The van der Waals surface area contributed by atoms with Crippen LogP contribution < -0.4 is 0 Å².